The quantitative estimate of drug-likeness (QED) is 0.221. The van der Waals surface area contributed by atoms with Gasteiger partial charge in [-0.1, -0.05) is 38.1 Å². The maximum atomic E-state index is 12.0. The van der Waals surface area contributed by atoms with Crippen molar-refractivity contribution in [3.63, 3.8) is 0 Å². The SMILES string of the molecule is CN=C(NCCOCC(C)C)NCc1ccc(COCC(F)(F)F)cc1.I. The van der Waals surface area contributed by atoms with Crippen LogP contribution in [0.5, 0.6) is 0 Å². The summed E-state index contributed by atoms with van der Waals surface area (Å²) in [5.74, 6) is 1.17. The first-order valence-corrected chi connectivity index (χ1v) is 8.54. The second kappa shape index (κ2) is 14.0. The third-order valence-electron chi connectivity index (χ3n) is 3.23. The van der Waals surface area contributed by atoms with Gasteiger partial charge in [-0.2, -0.15) is 13.2 Å². The fourth-order valence-corrected chi connectivity index (χ4v) is 2.00. The number of halogens is 4. The summed E-state index contributed by atoms with van der Waals surface area (Å²) >= 11 is 0. The van der Waals surface area contributed by atoms with E-state index in [-0.39, 0.29) is 30.6 Å². The van der Waals surface area contributed by atoms with Gasteiger partial charge in [-0.15, -0.1) is 24.0 Å². The van der Waals surface area contributed by atoms with Crippen LogP contribution >= 0.6 is 24.0 Å². The maximum Gasteiger partial charge on any atom is 0.411 e. The highest BCUT2D eigenvalue weighted by atomic mass is 127. The topological polar surface area (TPSA) is 54.9 Å². The van der Waals surface area contributed by atoms with Gasteiger partial charge < -0.3 is 20.1 Å². The van der Waals surface area contributed by atoms with Crippen LogP contribution in [0.2, 0.25) is 0 Å². The van der Waals surface area contributed by atoms with E-state index in [0.29, 0.717) is 37.1 Å². The van der Waals surface area contributed by atoms with Crippen molar-refractivity contribution in [2.24, 2.45) is 10.9 Å². The Morgan fingerprint density at radius 2 is 1.70 bits per heavy atom. The Kier molecular flexibility index (Phi) is 13.4. The molecule has 0 saturated carbocycles. The molecule has 0 aliphatic carbocycles. The fourth-order valence-electron chi connectivity index (χ4n) is 2.00. The van der Waals surface area contributed by atoms with Crippen molar-refractivity contribution < 1.29 is 22.6 Å². The minimum Gasteiger partial charge on any atom is -0.379 e. The van der Waals surface area contributed by atoms with Crippen molar-refractivity contribution in [1.29, 1.82) is 0 Å². The fraction of sp³-hybridized carbons (Fsp3) is 0.611. The molecule has 0 aromatic heterocycles. The molecule has 0 fully saturated rings. The van der Waals surface area contributed by atoms with E-state index in [1.54, 1.807) is 19.2 Å². The molecule has 0 atom stereocenters. The Labute approximate surface area is 176 Å². The Bertz CT molecular complexity index is 538. The number of guanidine groups is 1. The average Bonchev–Trinajstić information content (AvgIpc) is 2.57. The lowest BCUT2D eigenvalue weighted by Gasteiger charge is -2.13. The summed E-state index contributed by atoms with van der Waals surface area (Å²) in [4.78, 5) is 4.13. The van der Waals surface area contributed by atoms with Crippen LogP contribution in [0, 0.1) is 5.92 Å². The van der Waals surface area contributed by atoms with Crippen molar-refractivity contribution in [3.8, 4) is 0 Å². The molecule has 0 bridgehead atoms. The Hall–Kier alpha value is -1.07. The van der Waals surface area contributed by atoms with Crippen LogP contribution in [0.25, 0.3) is 0 Å². The molecule has 0 amide bonds. The molecule has 0 radical (unpaired) electrons. The highest BCUT2D eigenvalue weighted by Gasteiger charge is 2.27. The smallest absolute Gasteiger partial charge is 0.379 e. The van der Waals surface area contributed by atoms with Gasteiger partial charge >= 0.3 is 6.18 Å². The van der Waals surface area contributed by atoms with Gasteiger partial charge in [0.2, 0.25) is 0 Å². The standard InChI is InChI=1S/C18H28F3N3O2.HI/c1-14(2)11-25-9-8-23-17(22-3)24-10-15-4-6-16(7-5-15)12-26-13-18(19,20)21;/h4-7,14H,8-13H2,1-3H3,(H2,22,23,24);1H. The Balaban J connectivity index is 0.00000676. The number of aliphatic imine (C=N–C) groups is 1. The first-order chi connectivity index (χ1) is 12.3. The largest absolute Gasteiger partial charge is 0.411 e. The Morgan fingerprint density at radius 3 is 2.26 bits per heavy atom. The third-order valence-corrected chi connectivity index (χ3v) is 3.23. The third kappa shape index (κ3) is 13.7. The van der Waals surface area contributed by atoms with Gasteiger partial charge in [0.25, 0.3) is 0 Å². The van der Waals surface area contributed by atoms with Gasteiger partial charge in [-0.25, -0.2) is 0 Å². The molecule has 9 heteroatoms. The van der Waals surface area contributed by atoms with Crippen LogP contribution in [-0.2, 0) is 22.6 Å². The first kappa shape index (κ1) is 25.9. The molecular formula is C18H29F3IN3O2. The molecule has 156 valence electrons. The highest BCUT2D eigenvalue weighted by Crippen LogP contribution is 2.15. The molecule has 0 heterocycles. The first-order valence-electron chi connectivity index (χ1n) is 8.54. The summed E-state index contributed by atoms with van der Waals surface area (Å²) in [5, 5.41) is 6.33. The van der Waals surface area contributed by atoms with Crippen molar-refractivity contribution >= 4 is 29.9 Å². The van der Waals surface area contributed by atoms with E-state index in [1.165, 1.54) is 0 Å². The summed E-state index contributed by atoms with van der Waals surface area (Å²) in [6.45, 7) is 5.44. The predicted octanol–water partition coefficient (Wildman–Crippen LogP) is 3.72. The molecular weight excluding hydrogens is 474 g/mol. The minimum absolute atomic E-state index is 0. The molecule has 5 nitrogen and oxygen atoms in total. The van der Waals surface area contributed by atoms with Gasteiger partial charge in [-0.05, 0) is 17.0 Å². The number of hydrogen-bond donors (Lipinski definition) is 2. The summed E-state index contributed by atoms with van der Waals surface area (Å²) in [6.07, 6.45) is -4.30. The van der Waals surface area contributed by atoms with E-state index in [9.17, 15) is 13.2 Å². The van der Waals surface area contributed by atoms with Crippen molar-refractivity contribution in [2.75, 3.05) is 33.4 Å². The zero-order chi connectivity index (χ0) is 19.4. The van der Waals surface area contributed by atoms with E-state index in [0.717, 1.165) is 12.2 Å². The lowest BCUT2D eigenvalue weighted by molar-refractivity contribution is -0.176. The normalized spacial score (nSPS) is 12.0. The molecule has 0 aliphatic rings. The number of benzene rings is 1. The second-order valence-corrected chi connectivity index (χ2v) is 6.25. The van der Waals surface area contributed by atoms with Crippen molar-refractivity contribution in [3.05, 3.63) is 35.4 Å². The molecule has 0 spiro atoms. The number of ether oxygens (including phenoxy) is 2. The lowest BCUT2D eigenvalue weighted by Crippen LogP contribution is -2.38. The monoisotopic (exact) mass is 503 g/mol. The molecule has 1 rings (SSSR count). The lowest BCUT2D eigenvalue weighted by atomic mass is 10.1. The van der Waals surface area contributed by atoms with E-state index >= 15 is 0 Å². The van der Waals surface area contributed by atoms with E-state index < -0.39 is 12.8 Å². The summed E-state index contributed by atoms with van der Waals surface area (Å²) in [5.41, 5.74) is 1.69. The van der Waals surface area contributed by atoms with Crippen LogP contribution < -0.4 is 10.6 Å². The summed E-state index contributed by atoms with van der Waals surface area (Å²) in [6, 6.07) is 7.20. The van der Waals surface area contributed by atoms with Gasteiger partial charge in [0, 0.05) is 26.7 Å². The molecule has 27 heavy (non-hydrogen) atoms. The van der Waals surface area contributed by atoms with Crippen molar-refractivity contribution in [2.45, 2.75) is 33.2 Å². The second-order valence-electron chi connectivity index (χ2n) is 6.25. The molecule has 2 N–H and O–H groups in total. The number of hydrogen-bond acceptors (Lipinski definition) is 3. The molecule has 1 aromatic carbocycles. The molecule has 0 saturated heterocycles. The van der Waals surface area contributed by atoms with E-state index in [2.05, 4.69) is 34.2 Å². The predicted molar refractivity (Wildman–Crippen MR) is 111 cm³/mol. The van der Waals surface area contributed by atoms with Crippen LogP contribution in [0.1, 0.15) is 25.0 Å². The highest BCUT2D eigenvalue weighted by molar-refractivity contribution is 14.0. The van der Waals surface area contributed by atoms with Gasteiger partial charge in [0.15, 0.2) is 5.96 Å². The summed E-state index contributed by atoms with van der Waals surface area (Å²) in [7, 11) is 1.69. The molecule has 0 unspecified atom stereocenters. The molecule has 1 aromatic rings. The Morgan fingerprint density at radius 1 is 1.07 bits per heavy atom. The zero-order valence-electron chi connectivity index (χ0n) is 15.9. The van der Waals surface area contributed by atoms with E-state index in [1.807, 2.05) is 12.1 Å². The maximum absolute atomic E-state index is 12.0. The number of nitrogens with one attached hydrogen (secondary N) is 2. The zero-order valence-corrected chi connectivity index (χ0v) is 18.3. The van der Waals surface area contributed by atoms with Crippen LogP contribution in [0.4, 0.5) is 13.2 Å². The van der Waals surface area contributed by atoms with Crippen LogP contribution in [-0.4, -0.2) is 45.5 Å². The van der Waals surface area contributed by atoms with Crippen LogP contribution in [0.3, 0.4) is 0 Å². The van der Waals surface area contributed by atoms with Gasteiger partial charge in [0.05, 0.1) is 13.2 Å². The van der Waals surface area contributed by atoms with Gasteiger partial charge in [0.1, 0.15) is 6.61 Å². The summed E-state index contributed by atoms with van der Waals surface area (Å²) < 4.78 is 46.3. The molecule has 0 aliphatic heterocycles. The van der Waals surface area contributed by atoms with Crippen LogP contribution in [0.15, 0.2) is 29.3 Å². The van der Waals surface area contributed by atoms with Gasteiger partial charge in [-0.3, -0.25) is 4.99 Å². The number of rotatable bonds is 10. The minimum atomic E-state index is -4.30. The van der Waals surface area contributed by atoms with Crippen molar-refractivity contribution in [1.82, 2.24) is 10.6 Å². The average molecular weight is 503 g/mol. The number of alkyl halides is 3. The number of nitrogens with zero attached hydrogens (tertiary/aromatic N) is 1. The van der Waals surface area contributed by atoms with E-state index in [4.69, 9.17) is 4.74 Å².